The highest BCUT2D eigenvalue weighted by Gasteiger charge is 2.14. The summed E-state index contributed by atoms with van der Waals surface area (Å²) in [5, 5.41) is 3.51. The predicted octanol–water partition coefficient (Wildman–Crippen LogP) is 8.36. The van der Waals surface area contributed by atoms with Gasteiger partial charge in [0.05, 0.1) is 0 Å². The summed E-state index contributed by atoms with van der Waals surface area (Å²) >= 11 is 0. The maximum atomic E-state index is 12.3. The van der Waals surface area contributed by atoms with Crippen molar-refractivity contribution in [3.8, 4) is 0 Å². The van der Waals surface area contributed by atoms with Crippen LogP contribution in [0.3, 0.4) is 0 Å². The Morgan fingerprint density at radius 3 is 2.03 bits per heavy atom. The van der Waals surface area contributed by atoms with Gasteiger partial charge >= 0.3 is 5.97 Å². The molecule has 0 fully saturated rings. The first-order valence-corrected chi connectivity index (χ1v) is 13.7. The molecule has 1 atom stereocenters. The lowest BCUT2D eigenvalue weighted by molar-refractivity contribution is -0.150. The van der Waals surface area contributed by atoms with Crippen LogP contribution in [-0.2, 0) is 16.1 Å². The number of ether oxygens (including phenoxy) is 1. The Bertz CT molecular complexity index is 531. The minimum Gasteiger partial charge on any atom is -0.462 e. The molecule has 184 valence electrons. The summed E-state index contributed by atoms with van der Waals surface area (Å²) < 4.78 is 5.88. The lowest BCUT2D eigenvalue weighted by Gasteiger charge is -2.18. The van der Waals surface area contributed by atoms with Gasteiger partial charge in [-0.1, -0.05) is 108 Å². The van der Waals surface area contributed by atoms with Crippen molar-refractivity contribution in [1.29, 1.82) is 0 Å². The highest BCUT2D eigenvalue weighted by Crippen LogP contribution is 2.17. The topological polar surface area (TPSA) is 38.3 Å². The Hall–Kier alpha value is -1.35. The van der Waals surface area contributed by atoms with E-state index in [0.29, 0.717) is 6.42 Å². The average molecular weight is 446 g/mol. The number of nitrogens with one attached hydrogen (secondary N) is 1. The van der Waals surface area contributed by atoms with E-state index in [1.165, 1.54) is 82.6 Å². The molecule has 3 heteroatoms. The van der Waals surface area contributed by atoms with Crippen LogP contribution in [0.5, 0.6) is 0 Å². The first-order chi connectivity index (χ1) is 15.8. The zero-order valence-electron chi connectivity index (χ0n) is 21.2. The maximum absolute atomic E-state index is 12.3. The van der Waals surface area contributed by atoms with Gasteiger partial charge in [-0.25, -0.2) is 0 Å². The van der Waals surface area contributed by atoms with E-state index in [4.69, 9.17) is 4.74 Å². The molecule has 1 unspecified atom stereocenters. The van der Waals surface area contributed by atoms with Crippen LogP contribution in [0.25, 0.3) is 0 Å². The largest absolute Gasteiger partial charge is 0.462 e. The molecule has 32 heavy (non-hydrogen) atoms. The first-order valence-electron chi connectivity index (χ1n) is 13.7. The normalized spacial score (nSPS) is 12.1. The minimum atomic E-state index is 0.0296. The molecule has 0 heterocycles. The van der Waals surface area contributed by atoms with Crippen molar-refractivity contribution in [2.75, 3.05) is 6.54 Å². The van der Waals surface area contributed by atoms with Crippen LogP contribution in [0.15, 0.2) is 30.3 Å². The molecule has 1 aromatic carbocycles. The minimum absolute atomic E-state index is 0.0296. The third-order valence-electron chi connectivity index (χ3n) is 6.21. The van der Waals surface area contributed by atoms with Crippen LogP contribution < -0.4 is 5.32 Å². The van der Waals surface area contributed by atoms with Crippen LogP contribution >= 0.6 is 0 Å². The molecule has 0 aliphatic carbocycles. The van der Waals surface area contributed by atoms with Gasteiger partial charge in [0.25, 0.3) is 0 Å². The molecule has 3 nitrogen and oxygen atoms in total. The smallest absolute Gasteiger partial charge is 0.306 e. The van der Waals surface area contributed by atoms with Gasteiger partial charge < -0.3 is 10.1 Å². The molecule has 1 rings (SSSR count). The number of hydrogen-bond acceptors (Lipinski definition) is 3. The van der Waals surface area contributed by atoms with Gasteiger partial charge in [0.15, 0.2) is 0 Å². The van der Waals surface area contributed by atoms with Crippen molar-refractivity contribution in [3.05, 3.63) is 35.9 Å². The molecule has 1 N–H and O–H groups in total. The van der Waals surface area contributed by atoms with E-state index in [2.05, 4.69) is 49.5 Å². The maximum Gasteiger partial charge on any atom is 0.306 e. The first kappa shape index (κ1) is 28.7. The average Bonchev–Trinajstić information content (AvgIpc) is 2.81. The fourth-order valence-corrected chi connectivity index (χ4v) is 4.16. The number of carbonyl (C=O) groups is 1. The third-order valence-corrected chi connectivity index (χ3v) is 6.21. The van der Waals surface area contributed by atoms with Crippen molar-refractivity contribution >= 4 is 5.97 Å². The number of esters is 1. The molecular formula is C29H51NO2. The van der Waals surface area contributed by atoms with Gasteiger partial charge in [-0.3, -0.25) is 4.79 Å². The number of unbranched alkanes of at least 4 members (excludes halogenated alkanes) is 11. The van der Waals surface area contributed by atoms with E-state index in [9.17, 15) is 4.79 Å². The molecule has 0 aliphatic heterocycles. The summed E-state index contributed by atoms with van der Waals surface area (Å²) in [6.07, 6.45) is 20.0. The number of rotatable bonds is 22. The lowest BCUT2D eigenvalue weighted by atomic mass is 10.0. The number of carbonyl (C=O) groups excluding carboxylic acids is 1. The monoisotopic (exact) mass is 445 g/mol. The van der Waals surface area contributed by atoms with Crippen LogP contribution in [0.4, 0.5) is 0 Å². The third kappa shape index (κ3) is 17.2. The second kappa shape index (κ2) is 21.5. The van der Waals surface area contributed by atoms with Crippen molar-refractivity contribution in [2.24, 2.45) is 0 Å². The fraction of sp³-hybridized carbons (Fsp3) is 0.759. The molecule has 0 radical (unpaired) electrons. The lowest BCUT2D eigenvalue weighted by Crippen LogP contribution is -2.18. The fourth-order valence-electron chi connectivity index (χ4n) is 4.16. The van der Waals surface area contributed by atoms with Gasteiger partial charge in [-0.2, -0.15) is 0 Å². The summed E-state index contributed by atoms with van der Waals surface area (Å²) in [7, 11) is 0. The van der Waals surface area contributed by atoms with Crippen LogP contribution in [0.2, 0.25) is 0 Å². The van der Waals surface area contributed by atoms with E-state index in [1.807, 2.05) is 0 Å². The van der Waals surface area contributed by atoms with Crippen molar-refractivity contribution < 1.29 is 9.53 Å². The van der Waals surface area contributed by atoms with Gasteiger partial charge in [0.2, 0.25) is 0 Å². The summed E-state index contributed by atoms with van der Waals surface area (Å²) in [5.74, 6) is 0.0296. The van der Waals surface area contributed by atoms with E-state index < -0.39 is 0 Å². The summed E-state index contributed by atoms with van der Waals surface area (Å²) in [6, 6.07) is 10.6. The molecule has 0 bridgehead atoms. The molecule has 0 spiro atoms. The molecular weight excluding hydrogens is 394 g/mol. The van der Waals surface area contributed by atoms with Gasteiger partial charge in [0.1, 0.15) is 6.10 Å². The molecule has 0 amide bonds. The Labute approximate surface area is 199 Å². The second-order valence-corrected chi connectivity index (χ2v) is 9.34. The number of benzene rings is 1. The Kier molecular flexibility index (Phi) is 19.3. The van der Waals surface area contributed by atoms with Crippen molar-refractivity contribution in [1.82, 2.24) is 5.32 Å². The van der Waals surface area contributed by atoms with Gasteiger partial charge in [-0.15, -0.1) is 0 Å². The van der Waals surface area contributed by atoms with Gasteiger partial charge in [0, 0.05) is 13.0 Å². The highest BCUT2D eigenvalue weighted by atomic mass is 16.5. The molecule has 0 aliphatic rings. The van der Waals surface area contributed by atoms with E-state index in [0.717, 1.165) is 38.8 Å². The zero-order valence-corrected chi connectivity index (χ0v) is 21.2. The molecule has 0 aromatic heterocycles. The Morgan fingerprint density at radius 2 is 1.31 bits per heavy atom. The van der Waals surface area contributed by atoms with Crippen molar-refractivity contribution in [3.63, 3.8) is 0 Å². The van der Waals surface area contributed by atoms with Gasteiger partial charge in [-0.05, 0) is 50.6 Å². The molecule has 0 saturated heterocycles. The predicted molar refractivity (Wildman–Crippen MR) is 138 cm³/mol. The zero-order chi connectivity index (χ0) is 23.1. The van der Waals surface area contributed by atoms with Crippen molar-refractivity contribution in [2.45, 2.75) is 136 Å². The summed E-state index contributed by atoms with van der Waals surface area (Å²) in [4.78, 5) is 12.3. The molecule has 1 aromatic rings. The quantitative estimate of drug-likeness (QED) is 0.144. The second-order valence-electron chi connectivity index (χ2n) is 9.34. The van der Waals surface area contributed by atoms with Crippen LogP contribution in [0, 0.1) is 0 Å². The molecule has 0 saturated carbocycles. The van der Waals surface area contributed by atoms with Crippen LogP contribution in [-0.4, -0.2) is 18.6 Å². The highest BCUT2D eigenvalue weighted by molar-refractivity contribution is 5.69. The summed E-state index contributed by atoms with van der Waals surface area (Å²) in [5.41, 5.74) is 1.34. The van der Waals surface area contributed by atoms with E-state index in [-0.39, 0.29) is 12.1 Å². The van der Waals surface area contributed by atoms with Crippen LogP contribution in [0.1, 0.15) is 129 Å². The summed E-state index contributed by atoms with van der Waals surface area (Å²) in [6.45, 7) is 6.50. The number of hydrogen-bond donors (Lipinski definition) is 1. The Balaban J connectivity index is 2.04. The SMILES string of the molecule is CCCCCCCCC(CCCCC)OC(=O)CCCCCCCNCc1ccccc1. The standard InChI is InChI=1S/C29H51NO2/c1-3-5-7-8-10-17-23-28(22-14-6-4-2)32-29(31)24-18-11-9-12-19-25-30-26-27-20-15-13-16-21-27/h13,15-16,20-21,28,30H,3-12,14,17-19,22-26H2,1-2H3. The van der Waals surface area contributed by atoms with E-state index in [1.54, 1.807) is 0 Å². The van der Waals surface area contributed by atoms with E-state index >= 15 is 0 Å². The Morgan fingerprint density at radius 1 is 0.750 bits per heavy atom.